The molecule has 0 amide bonds. The highest BCUT2D eigenvalue weighted by molar-refractivity contribution is 5.33. The lowest BCUT2D eigenvalue weighted by molar-refractivity contribution is -0.0784. The summed E-state index contributed by atoms with van der Waals surface area (Å²) in [5.74, 6) is 0.443. The average molecular weight is 225 g/mol. The molecular formula is C12H16FNO2. The molecule has 0 radical (unpaired) electrons. The second-order valence-electron chi connectivity index (χ2n) is 4.17. The van der Waals surface area contributed by atoms with Crippen molar-refractivity contribution in [1.29, 1.82) is 0 Å². The summed E-state index contributed by atoms with van der Waals surface area (Å²) >= 11 is 0. The first-order valence-corrected chi connectivity index (χ1v) is 5.33. The van der Waals surface area contributed by atoms with E-state index in [1.165, 1.54) is 12.1 Å². The number of hydrogen-bond acceptors (Lipinski definition) is 3. The number of hydrogen-bond donors (Lipinski definition) is 1. The van der Waals surface area contributed by atoms with E-state index in [0.717, 1.165) is 12.0 Å². The molecular weight excluding hydrogens is 209 g/mol. The van der Waals surface area contributed by atoms with Crippen LogP contribution in [0.2, 0.25) is 0 Å². The summed E-state index contributed by atoms with van der Waals surface area (Å²) in [6.45, 7) is 1.82. The Morgan fingerprint density at radius 3 is 2.75 bits per heavy atom. The highest BCUT2D eigenvalue weighted by atomic mass is 19.1. The first-order valence-electron chi connectivity index (χ1n) is 5.33. The van der Waals surface area contributed by atoms with Gasteiger partial charge in [-0.15, -0.1) is 0 Å². The largest absolute Gasteiger partial charge is 0.487 e. The van der Waals surface area contributed by atoms with Crippen molar-refractivity contribution in [2.75, 3.05) is 7.11 Å². The predicted molar refractivity (Wildman–Crippen MR) is 58.9 cm³/mol. The van der Waals surface area contributed by atoms with Gasteiger partial charge in [-0.2, -0.15) is 0 Å². The van der Waals surface area contributed by atoms with Crippen LogP contribution in [0.25, 0.3) is 0 Å². The Balaban J connectivity index is 2.04. The molecule has 0 aliphatic heterocycles. The molecule has 2 rings (SSSR count). The van der Waals surface area contributed by atoms with Crippen molar-refractivity contribution in [2.24, 2.45) is 5.73 Å². The molecule has 1 aliphatic carbocycles. The normalized spacial score (nSPS) is 28.6. The molecule has 2 N–H and O–H groups in total. The fourth-order valence-corrected chi connectivity index (χ4v) is 1.97. The maximum atomic E-state index is 12.9. The Labute approximate surface area is 94.3 Å². The van der Waals surface area contributed by atoms with Crippen molar-refractivity contribution in [2.45, 2.75) is 31.6 Å². The number of nitrogens with two attached hydrogens (primary N) is 1. The summed E-state index contributed by atoms with van der Waals surface area (Å²) in [5.41, 5.74) is 6.56. The van der Waals surface area contributed by atoms with Crippen molar-refractivity contribution < 1.29 is 13.9 Å². The third kappa shape index (κ3) is 2.03. The fourth-order valence-electron chi connectivity index (χ4n) is 1.97. The van der Waals surface area contributed by atoms with Crippen molar-refractivity contribution >= 4 is 0 Å². The second kappa shape index (κ2) is 4.39. The predicted octanol–water partition coefficient (Wildman–Crippen LogP) is 1.63. The molecule has 0 bridgehead atoms. The van der Waals surface area contributed by atoms with Gasteiger partial charge in [-0.3, -0.25) is 0 Å². The van der Waals surface area contributed by atoms with E-state index in [-0.39, 0.29) is 24.1 Å². The van der Waals surface area contributed by atoms with E-state index in [9.17, 15) is 4.39 Å². The van der Waals surface area contributed by atoms with Gasteiger partial charge in [0.15, 0.2) is 0 Å². The standard InChI is InChI=1S/C12H16FNO2/c1-7-5-8(13)3-4-10(7)16-11-6-9(14)12(11)15-2/h3-5,9,11-12H,6,14H2,1-2H3. The molecule has 1 fully saturated rings. The van der Waals surface area contributed by atoms with Gasteiger partial charge < -0.3 is 15.2 Å². The first kappa shape index (κ1) is 11.4. The van der Waals surface area contributed by atoms with Crippen LogP contribution >= 0.6 is 0 Å². The minimum Gasteiger partial charge on any atom is -0.487 e. The lowest BCUT2D eigenvalue weighted by Crippen LogP contribution is -2.59. The summed E-state index contributed by atoms with van der Waals surface area (Å²) in [5, 5.41) is 0. The van der Waals surface area contributed by atoms with Crippen LogP contribution in [-0.2, 0) is 4.74 Å². The van der Waals surface area contributed by atoms with Crippen molar-refractivity contribution in [1.82, 2.24) is 0 Å². The number of halogens is 1. The molecule has 0 heterocycles. The maximum Gasteiger partial charge on any atom is 0.128 e. The zero-order chi connectivity index (χ0) is 11.7. The van der Waals surface area contributed by atoms with E-state index in [1.807, 2.05) is 6.92 Å². The van der Waals surface area contributed by atoms with Crippen LogP contribution in [0, 0.1) is 12.7 Å². The van der Waals surface area contributed by atoms with Gasteiger partial charge in [-0.1, -0.05) is 0 Å². The highest BCUT2D eigenvalue weighted by Crippen LogP contribution is 2.29. The quantitative estimate of drug-likeness (QED) is 0.850. The minimum absolute atomic E-state index is 0.0239. The van der Waals surface area contributed by atoms with Crippen molar-refractivity contribution in [3.05, 3.63) is 29.6 Å². The lowest BCUT2D eigenvalue weighted by atomic mass is 9.86. The molecule has 3 unspecified atom stereocenters. The highest BCUT2D eigenvalue weighted by Gasteiger charge is 2.41. The van der Waals surface area contributed by atoms with Gasteiger partial charge in [0.05, 0.1) is 0 Å². The number of ether oxygens (including phenoxy) is 2. The average Bonchev–Trinajstić information content (AvgIpc) is 2.21. The molecule has 0 spiro atoms. The summed E-state index contributed by atoms with van der Waals surface area (Å²) in [6.07, 6.45) is 0.684. The zero-order valence-electron chi connectivity index (χ0n) is 9.44. The fraction of sp³-hybridized carbons (Fsp3) is 0.500. The number of rotatable bonds is 3. The Morgan fingerprint density at radius 1 is 1.44 bits per heavy atom. The van der Waals surface area contributed by atoms with Gasteiger partial charge in [-0.25, -0.2) is 4.39 Å². The minimum atomic E-state index is -0.251. The van der Waals surface area contributed by atoms with E-state index in [4.69, 9.17) is 15.2 Å². The zero-order valence-corrected chi connectivity index (χ0v) is 9.44. The monoisotopic (exact) mass is 225 g/mol. The third-order valence-electron chi connectivity index (χ3n) is 2.98. The van der Waals surface area contributed by atoms with Crippen LogP contribution in [0.5, 0.6) is 5.75 Å². The van der Waals surface area contributed by atoms with E-state index < -0.39 is 0 Å². The van der Waals surface area contributed by atoms with Gasteiger partial charge in [0.1, 0.15) is 23.8 Å². The second-order valence-corrected chi connectivity index (χ2v) is 4.17. The van der Waals surface area contributed by atoms with Crippen LogP contribution in [0.4, 0.5) is 4.39 Å². The van der Waals surface area contributed by atoms with Crippen molar-refractivity contribution in [3.63, 3.8) is 0 Å². The molecule has 1 aliphatic rings. The Kier molecular flexibility index (Phi) is 3.12. The van der Waals surface area contributed by atoms with Crippen LogP contribution in [0.3, 0.4) is 0 Å². The van der Waals surface area contributed by atoms with Gasteiger partial charge in [0, 0.05) is 19.6 Å². The number of benzene rings is 1. The summed E-state index contributed by atoms with van der Waals surface area (Å²) < 4.78 is 23.8. The van der Waals surface area contributed by atoms with E-state index >= 15 is 0 Å². The smallest absolute Gasteiger partial charge is 0.128 e. The van der Waals surface area contributed by atoms with E-state index in [2.05, 4.69) is 0 Å². The molecule has 0 aromatic heterocycles. The van der Waals surface area contributed by atoms with Gasteiger partial charge in [-0.05, 0) is 30.7 Å². The van der Waals surface area contributed by atoms with Crippen LogP contribution in [0.15, 0.2) is 18.2 Å². The topological polar surface area (TPSA) is 44.5 Å². The molecule has 88 valence electrons. The third-order valence-corrected chi connectivity index (χ3v) is 2.98. The maximum absolute atomic E-state index is 12.9. The Hall–Kier alpha value is -1.13. The van der Waals surface area contributed by atoms with Gasteiger partial charge in [0.25, 0.3) is 0 Å². The van der Waals surface area contributed by atoms with Crippen LogP contribution < -0.4 is 10.5 Å². The van der Waals surface area contributed by atoms with E-state index in [1.54, 1.807) is 13.2 Å². The molecule has 1 aromatic carbocycles. The summed E-state index contributed by atoms with van der Waals surface area (Å²) in [7, 11) is 1.62. The van der Waals surface area contributed by atoms with Crippen LogP contribution in [-0.4, -0.2) is 25.4 Å². The molecule has 3 atom stereocenters. The summed E-state index contributed by atoms with van der Waals surface area (Å²) in [6, 6.07) is 4.52. The molecule has 0 saturated heterocycles. The Bertz CT molecular complexity index is 383. The number of aryl methyl sites for hydroxylation is 1. The SMILES string of the molecule is COC1C(N)CC1Oc1ccc(F)cc1C. The molecule has 4 heteroatoms. The molecule has 16 heavy (non-hydrogen) atoms. The first-order chi connectivity index (χ1) is 7.61. The van der Waals surface area contributed by atoms with Crippen molar-refractivity contribution in [3.8, 4) is 5.75 Å². The van der Waals surface area contributed by atoms with Gasteiger partial charge >= 0.3 is 0 Å². The molecule has 3 nitrogen and oxygen atoms in total. The molecule has 1 aromatic rings. The van der Waals surface area contributed by atoms with Gasteiger partial charge in [0.2, 0.25) is 0 Å². The van der Waals surface area contributed by atoms with E-state index in [0.29, 0.717) is 5.75 Å². The Morgan fingerprint density at radius 2 is 2.19 bits per heavy atom. The number of methoxy groups -OCH3 is 1. The summed E-state index contributed by atoms with van der Waals surface area (Å²) in [4.78, 5) is 0. The van der Waals surface area contributed by atoms with Crippen LogP contribution in [0.1, 0.15) is 12.0 Å². The molecule has 1 saturated carbocycles. The lowest BCUT2D eigenvalue weighted by Gasteiger charge is -2.41.